The molecule has 1 heterocycles. The number of hydrogen-bond acceptors (Lipinski definition) is 2. The number of nitrogens with two attached hydrogens (primary N) is 1. The standard InChI is InChI=1S/C33H52N2S.C6H12.C2H6/c1-8-12-18-28(16-9-2)32(25(6)23-24(5)11-4)31-22-21-30(36-31)29(17-10-3)35-33(34)26(7)27-19-14-13-15-20-27;1-2-4-6-5-3-1;1-2/h13-15,19-22,24-26,29H,8-12,16-18,23H2,1-7H3,(H2,34,35);1-6H2;1-2H3/b32-28-;;/t24?,25?,26?,29-;;/m1../s1. The van der Waals surface area contributed by atoms with Crippen LogP contribution in [0.4, 0.5) is 0 Å². The molecule has 1 aliphatic carbocycles. The van der Waals surface area contributed by atoms with Crippen LogP contribution in [0, 0.1) is 11.8 Å². The normalized spacial score (nSPS) is 16.8. The number of rotatable bonds is 16. The molecule has 1 aromatic carbocycles. The van der Waals surface area contributed by atoms with Gasteiger partial charge in [0.25, 0.3) is 0 Å². The molecule has 4 atom stereocenters. The van der Waals surface area contributed by atoms with E-state index in [0.29, 0.717) is 5.92 Å². The predicted molar refractivity (Wildman–Crippen MR) is 202 cm³/mol. The Kier molecular flexibility index (Phi) is 22.2. The topological polar surface area (TPSA) is 38.4 Å². The molecule has 1 fully saturated rings. The highest BCUT2D eigenvalue weighted by Crippen LogP contribution is 2.41. The van der Waals surface area contributed by atoms with Crippen molar-refractivity contribution in [3.63, 3.8) is 0 Å². The number of hydrogen-bond donors (Lipinski definition) is 1. The van der Waals surface area contributed by atoms with Gasteiger partial charge in [0.1, 0.15) is 5.84 Å². The molecule has 0 aliphatic heterocycles. The molecule has 1 aliphatic rings. The van der Waals surface area contributed by atoms with Gasteiger partial charge in [-0.05, 0) is 67.2 Å². The molecule has 44 heavy (non-hydrogen) atoms. The van der Waals surface area contributed by atoms with Crippen molar-refractivity contribution in [2.24, 2.45) is 22.6 Å². The lowest BCUT2D eigenvalue weighted by Crippen LogP contribution is -2.21. The van der Waals surface area contributed by atoms with Gasteiger partial charge in [-0.15, -0.1) is 11.3 Å². The maximum atomic E-state index is 6.59. The number of benzene rings is 1. The Morgan fingerprint density at radius 2 is 1.41 bits per heavy atom. The van der Waals surface area contributed by atoms with E-state index in [2.05, 4.69) is 90.9 Å². The fraction of sp³-hybridized carbons (Fsp3) is 0.683. The van der Waals surface area contributed by atoms with Crippen LogP contribution in [0.2, 0.25) is 0 Å². The molecule has 250 valence electrons. The zero-order chi connectivity index (χ0) is 32.7. The molecule has 1 aromatic heterocycles. The Morgan fingerprint density at radius 3 is 1.93 bits per heavy atom. The first-order valence-electron chi connectivity index (χ1n) is 18.6. The summed E-state index contributed by atoms with van der Waals surface area (Å²) in [6, 6.07) is 15.4. The van der Waals surface area contributed by atoms with E-state index in [9.17, 15) is 0 Å². The molecule has 2 aromatic rings. The average molecular weight is 623 g/mol. The molecule has 0 radical (unpaired) electrons. The number of amidine groups is 1. The number of nitrogens with zero attached hydrogens (tertiary/aromatic N) is 1. The number of unbranched alkanes of at least 4 members (excludes halogenated alkanes) is 1. The van der Waals surface area contributed by atoms with E-state index in [-0.39, 0.29) is 12.0 Å². The second-order valence-electron chi connectivity index (χ2n) is 12.8. The van der Waals surface area contributed by atoms with Crippen LogP contribution in [0.15, 0.2) is 53.0 Å². The van der Waals surface area contributed by atoms with Crippen LogP contribution in [-0.4, -0.2) is 5.84 Å². The summed E-state index contributed by atoms with van der Waals surface area (Å²) < 4.78 is 0. The van der Waals surface area contributed by atoms with Crippen LogP contribution >= 0.6 is 11.3 Å². The van der Waals surface area contributed by atoms with Crippen LogP contribution in [0.25, 0.3) is 5.57 Å². The van der Waals surface area contributed by atoms with Gasteiger partial charge in [-0.25, -0.2) is 0 Å². The number of allylic oxidation sites excluding steroid dienone is 2. The van der Waals surface area contributed by atoms with Gasteiger partial charge < -0.3 is 5.73 Å². The van der Waals surface area contributed by atoms with Gasteiger partial charge in [-0.3, -0.25) is 4.99 Å². The van der Waals surface area contributed by atoms with Gasteiger partial charge in [0, 0.05) is 15.7 Å². The molecule has 0 saturated heterocycles. The molecule has 0 spiro atoms. The molecule has 3 unspecified atom stereocenters. The zero-order valence-electron chi connectivity index (χ0n) is 30.4. The molecule has 0 amide bonds. The highest BCUT2D eigenvalue weighted by molar-refractivity contribution is 7.13. The molecule has 3 heteroatoms. The third-order valence-electron chi connectivity index (χ3n) is 9.04. The average Bonchev–Trinajstić information content (AvgIpc) is 3.55. The van der Waals surface area contributed by atoms with Gasteiger partial charge in [0.05, 0.1) is 6.04 Å². The minimum absolute atomic E-state index is 0.126. The first kappa shape index (κ1) is 40.2. The van der Waals surface area contributed by atoms with E-state index < -0.39 is 0 Å². The minimum Gasteiger partial charge on any atom is -0.387 e. The van der Waals surface area contributed by atoms with Crippen molar-refractivity contribution in [2.45, 2.75) is 171 Å². The van der Waals surface area contributed by atoms with E-state index in [4.69, 9.17) is 10.7 Å². The summed E-state index contributed by atoms with van der Waals surface area (Å²) in [4.78, 5) is 7.93. The van der Waals surface area contributed by atoms with Crippen molar-refractivity contribution in [3.05, 3.63) is 63.4 Å². The van der Waals surface area contributed by atoms with Crippen LogP contribution in [-0.2, 0) is 0 Å². The summed E-state index contributed by atoms with van der Waals surface area (Å²) in [6.07, 6.45) is 19.8. The lowest BCUT2D eigenvalue weighted by molar-refractivity contribution is 0.460. The number of thiophene rings is 1. The first-order valence-corrected chi connectivity index (χ1v) is 19.4. The molecule has 1 saturated carbocycles. The van der Waals surface area contributed by atoms with E-state index in [0.717, 1.165) is 24.6 Å². The molecule has 0 bridgehead atoms. The summed E-state index contributed by atoms with van der Waals surface area (Å²) in [5.41, 5.74) is 11.1. The van der Waals surface area contributed by atoms with E-state index in [1.165, 1.54) is 98.8 Å². The predicted octanol–water partition coefficient (Wildman–Crippen LogP) is 13.9. The van der Waals surface area contributed by atoms with Crippen molar-refractivity contribution < 1.29 is 0 Å². The smallest absolute Gasteiger partial charge is 0.102 e. The highest BCUT2D eigenvalue weighted by atomic mass is 32.1. The third kappa shape index (κ3) is 14.5. The fourth-order valence-electron chi connectivity index (χ4n) is 6.23. The Morgan fingerprint density at radius 1 is 0.795 bits per heavy atom. The SMILES string of the molecule is C1CCCCC1.CC.CCCC/C(CCC)=C(\c1ccc([C@@H](CCC)N=C(N)C(C)c2ccccc2)s1)C(C)CC(C)CC. The molecular formula is C41H70N2S. The minimum atomic E-state index is 0.126. The van der Waals surface area contributed by atoms with Crippen LogP contribution in [0.5, 0.6) is 0 Å². The maximum Gasteiger partial charge on any atom is 0.102 e. The van der Waals surface area contributed by atoms with Gasteiger partial charge in [-0.1, -0.05) is 162 Å². The summed E-state index contributed by atoms with van der Waals surface area (Å²) in [5.74, 6) is 2.20. The molecule has 3 rings (SSSR count). The monoisotopic (exact) mass is 623 g/mol. The van der Waals surface area contributed by atoms with Gasteiger partial charge in [0.15, 0.2) is 0 Å². The summed E-state index contributed by atoms with van der Waals surface area (Å²) in [7, 11) is 0. The van der Waals surface area contributed by atoms with Gasteiger partial charge >= 0.3 is 0 Å². The first-order chi connectivity index (χ1) is 21.4. The van der Waals surface area contributed by atoms with Gasteiger partial charge in [0.2, 0.25) is 0 Å². The van der Waals surface area contributed by atoms with Crippen molar-refractivity contribution in [1.82, 2.24) is 0 Å². The van der Waals surface area contributed by atoms with Crippen LogP contribution in [0.3, 0.4) is 0 Å². The molecule has 2 N–H and O–H groups in total. The van der Waals surface area contributed by atoms with Crippen LogP contribution < -0.4 is 5.73 Å². The van der Waals surface area contributed by atoms with E-state index in [1.54, 1.807) is 11.1 Å². The summed E-state index contributed by atoms with van der Waals surface area (Å²) >= 11 is 1.97. The number of aliphatic imine (C=N–C) groups is 1. The largest absolute Gasteiger partial charge is 0.387 e. The van der Waals surface area contributed by atoms with Gasteiger partial charge in [-0.2, -0.15) is 0 Å². The second kappa shape index (κ2) is 24.4. The fourth-order valence-corrected chi connectivity index (χ4v) is 7.51. The lowest BCUT2D eigenvalue weighted by atomic mass is 9.84. The summed E-state index contributed by atoms with van der Waals surface area (Å²) in [6.45, 7) is 20.2. The zero-order valence-corrected chi connectivity index (χ0v) is 31.2. The quantitative estimate of drug-likeness (QED) is 0.147. The van der Waals surface area contributed by atoms with E-state index in [1.807, 2.05) is 25.2 Å². The van der Waals surface area contributed by atoms with Crippen molar-refractivity contribution in [1.29, 1.82) is 0 Å². The van der Waals surface area contributed by atoms with Crippen molar-refractivity contribution >= 4 is 22.7 Å². The molecular weight excluding hydrogens is 553 g/mol. The summed E-state index contributed by atoms with van der Waals surface area (Å²) in [5, 5.41) is 0. The molecule has 2 nitrogen and oxygen atoms in total. The third-order valence-corrected chi connectivity index (χ3v) is 10.3. The Hall–Kier alpha value is -1.87. The highest BCUT2D eigenvalue weighted by Gasteiger charge is 2.22. The van der Waals surface area contributed by atoms with Crippen molar-refractivity contribution in [3.8, 4) is 0 Å². The maximum absolute atomic E-state index is 6.59. The Labute approximate surface area is 278 Å². The lowest BCUT2D eigenvalue weighted by Gasteiger charge is -2.23. The second-order valence-corrected chi connectivity index (χ2v) is 14.0. The van der Waals surface area contributed by atoms with E-state index >= 15 is 0 Å². The Bertz CT molecular complexity index is 1020. The van der Waals surface area contributed by atoms with Crippen LogP contribution in [0.1, 0.15) is 186 Å². The van der Waals surface area contributed by atoms with Crippen molar-refractivity contribution in [2.75, 3.05) is 0 Å². The Balaban J connectivity index is 0.00000106.